The summed E-state index contributed by atoms with van der Waals surface area (Å²) in [5, 5.41) is 29.2. The second-order valence-corrected chi connectivity index (χ2v) is 9.62. The standard InChI is InChI=1S/C22H39N7O10/c1-9(2)6-13(19(35)26-12(22-38-39-22)4-5-15(24)32)27-21(37)17(10(3)31)29-20(36)14(8-30)28-18(34)11(23)7-16(25)33/h9-14,17,22,30-31H,4-8,23H2,1-3H3,(H2,24,32)(H2,25,33)(H,26,35)(H,27,37)(H,28,34)(H,29,36)/t10-,11+,12+,13+,14+,17+/m1/s1. The monoisotopic (exact) mass is 561 g/mol. The summed E-state index contributed by atoms with van der Waals surface area (Å²) in [6, 6.07) is -6.39. The molecule has 1 aliphatic rings. The summed E-state index contributed by atoms with van der Waals surface area (Å²) in [6.45, 7) is 3.91. The van der Waals surface area contributed by atoms with Crippen molar-refractivity contribution >= 4 is 35.4 Å². The zero-order valence-electron chi connectivity index (χ0n) is 22.0. The number of hydrogen-bond donors (Lipinski definition) is 9. The van der Waals surface area contributed by atoms with Crippen LogP contribution in [0.25, 0.3) is 0 Å². The minimum absolute atomic E-state index is 0.0541. The van der Waals surface area contributed by atoms with Gasteiger partial charge in [0.25, 0.3) is 0 Å². The first-order valence-electron chi connectivity index (χ1n) is 12.3. The molecule has 1 saturated heterocycles. The van der Waals surface area contributed by atoms with Crippen LogP contribution in [-0.4, -0.2) is 94.9 Å². The second-order valence-electron chi connectivity index (χ2n) is 9.62. The molecule has 6 atom stereocenters. The van der Waals surface area contributed by atoms with Crippen LogP contribution in [0.15, 0.2) is 0 Å². The molecule has 1 rings (SSSR count). The largest absolute Gasteiger partial charge is 0.394 e. The molecule has 17 nitrogen and oxygen atoms in total. The van der Waals surface area contributed by atoms with Crippen LogP contribution in [0.1, 0.15) is 46.5 Å². The summed E-state index contributed by atoms with van der Waals surface area (Å²) < 4.78 is 0. The normalized spacial score (nSPS) is 17.6. The number of nitrogens with one attached hydrogen (secondary N) is 4. The number of carbonyl (C=O) groups excluding carboxylic acids is 6. The third-order valence-electron chi connectivity index (χ3n) is 5.54. The molecular weight excluding hydrogens is 522 g/mol. The van der Waals surface area contributed by atoms with Crippen molar-refractivity contribution in [1.29, 1.82) is 0 Å². The third kappa shape index (κ3) is 12.3. The first kappa shape index (κ1) is 33.6. The molecule has 0 saturated carbocycles. The van der Waals surface area contributed by atoms with E-state index in [0.717, 1.165) is 0 Å². The Labute approximate surface area is 224 Å². The molecule has 6 amide bonds. The highest BCUT2D eigenvalue weighted by atomic mass is 17.4. The molecule has 17 heteroatoms. The van der Waals surface area contributed by atoms with Crippen molar-refractivity contribution in [3.63, 3.8) is 0 Å². The predicted octanol–water partition coefficient (Wildman–Crippen LogP) is -4.90. The Morgan fingerprint density at radius 3 is 1.85 bits per heavy atom. The lowest BCUT2D eigenvalue weighted by Gasteiger charge is -2.27. The van der Waals surface area contributed by atoms with Crippen molar-refractivity contribution < 1.29 is 48.8 Å². The SMILES string of the molecule is CC(C)C[C@H](NC(=O)[C@@H](NC(=O)[C@H](CO)NC(=O)[C@@H](N)CC(N)=O)[C@@H](C)O)C(=O)N[C@@H](CCC(N)=O)C1OO1. The Morgan fingerprint density at radius 1 is 0.821 bits per heavy atom. The molecular formula is C22H39N7O10. The van der Waals surface area contributed by atoms with Gasteiger partial charge in [0.1, 0.15) is 18.1 Å². The molecule has 0 aromatic carbocycles. The van der Waals surface area contributed by atoms with Crippen molar-refractivity contribution in [2.75, 3.05) is 6.61 Å². The number of nitrogens with two attached hydrogens (primary N) is 3. The number of rotatable bonds is 18. The zero-order valence-corrected chi connectivity index (χ0v) is 22.0. The van der Waals surface area contributed by atoms with E-state index in [2.05, 4.69) is 21.3 Å². The molecule has 39 heavy (non-hydrogen) atoms. The molecule has 0 aliphatic carbocycles. The maximum atomic E-state index is 13.0. The van der Waals surface area contributed by atoms with Crippen LogP contribution in [0.4, 0.5) is 0 Å². The van der Waals surface area contributed by atoms with E-state index in [9.17, 15) is 39.0 Å². The molecule has 0 spiro atoms. The fourth-order valence-corrected chi connectivity index (χ4v) is 3.43. The van der Waals surface area contributed by atoms with Crippen LogP contribution in [0.3, 0.4) is 0 Å². The summed E-state index contributed by atoms with van der Waals surface area (Å²) in [5.41, 5.74) is 15.7. The summed E-state index contributed by atoms with van der Waals surface area (Å²) in [4.78, 5) is 82.4. The smallest absolute Gasteiger partial charge is 0.245 e. The van der Waals surface area contributed by atoms with Gasteiger partial charge in [-0.1, -0.05) is 13.8 Å². The minimum atomic E-state index is -1.59. The van der Waals surface area contributed by atoms with Crippen LogP contribution in [0.5, 0.6) is 0 Å². The highest BCUT2D eigenvalue weighted by molar-refractivity contribution is 5.95. The molecule has 1 heterocycles. The van der Waals surface area contributed by atoms with Crippen molar-refractivity contribution in [1.82, 2.24) is 21.3 Å². The highest BCUT2D eigenvalue weighted by Crippen LogP contribution is 2.20. The second kappa shape index (κ2) is 15.9. The maximum absolute atomic E-state index is 13.0. The van der Waals surface area contributed by atoms with Gasteiger partial charge in [0.05, 0.1) is 31.2 Å². The van der Waals surface area contributed by atoms with Gasteiger partial charge in [0.15, 0.2) is 0 Å². The quantitative estimate of drug-likeness (QED) is 0.0564. The summed E-state index contributed by atoms with van der Waals surface area (Å²) in [7, 11) is 0. The highest BCUT2D eigenvalue weighted by Gasteiger charge is 2.39. The van der Waals surface area contributed by atoms with Crippen LogP contribution >= 0.6 is 0 Å². The van der Waals surface area contributed by atoms with Crippen molar-refractivity contribution in [3.8, 4) is 0 Å². The van der Waals surface area contributed by atoms with Gasteiger partial charge in [0.2, 0.25) is 41.7 Å². The van der Waals surface area contributed by atoms with E-state index in [1.807, 2.05) is 0 Å². The van der Waals surface area contributed by atoms with E-state index in [1.165, 1.54) is 6.92 Å². The average molecular weight is 562 g/mol. The van der Waals surface area contributed by atoms with Crippen LogP contribution in [-0.2, 0) is 38.5 Å². The van der Waals surface area contributed by atoms with Crippen molar-refractivity contribution in [2.24, 2.45) is 23.1 Å². The van der Waals surface area contributed by atoms with Gasteiger partial charge in [0, 0.05) is 6.42 Å². The van der Waals surface area contributed by atoms with Gasteiger partial charge in [-0.15, -0.1) is 0 Å². The van der Waals surface area contributed by atoms with E-state index >= 15 is 0 Å². The van der Waals surface area contributed by atoms with Gasteiger partial charge in [-0.05, 0) is 25.7 Å². The number of aliphatic hydroxyl groups excluding tert-OH is 2. The fourth-order valence-electron chi connectivity index (χ4n) is 3.43. The molecule has 0 radical (unpaired) electrons. The molecule has 0 aromatic heterocycles. The zero-order chi connectivity index (χ0) is 29.9. The van der Waals surface area contributed by atoms with E-state index in [0.29, 0.717) is 0 Å². The summed E-state index contributed by atoms with van der Waals surface area (Å²) >= 11 is 0. The third-order valence-corrected chi connectivity index (χ3v) is 5.54. The summed E-state index contributed by atoms with van der Waals surface area (Å²) in [5.74, 6) is -5.08. The Balaban J connectivity index is 2.92. The summed E-state index contributed by atoms with van der Waals surface area (Å²) in [6.07, 6.45) is -2.51. The maximum Gasteiger partial charge on any atom is 0.245 e. The molecule has 222 valence electrons. The molecule has 12 N–H and O–H groups in total. The molecule has 0 aromatic rings. The number of primary amides is 2. The van der Waals surface area contributed by atoms with Crippen LogP contribution < -0.4 is 38.5 Å². The number of hydrogen-bond acceptors (Lipinski definition) is 11. The van der Waals surface area contributed by atoms with Gasteiger partial charge in [-0.25, -0.2) is 0 Å². The van der Waals surface area contributed by atoms with Gasteiger partial charge in [-0.3, -0.25) is 28.8 Å². The number of carbonyl (C=O) groups is 6. The molecule has 0 bridgehead atoms. The Kier molecular flexibility index (Phi) is 13.7. The van der Waals surface area contributed by atoms with Gasteiger partial charge >= 0.3 is 0 Å². The predicted molar refractivity (Wildman–Crippen MR) is 132 cm³/mol. The Hall–Kier alpha value is -3.38. The lowest BCUT2D eigenvalue weighted by Crippen LogP contribution is -2.61. The molecule has 1 aliphatic heterocycles. The lowest BCUT2D eigenvalue weighted by molar-refractivity contribution is -0.136. The number of amides is 6. The minimum Gasteiger partial charge on any atom is -0.394 e. The van der Waals surface area contributed by atoms with E-state index in [4.69, 9.17) is 27.0 Å². The Morgan fingerprint density at radius 2 is 1.38 bits per heavy atom. The number of aliphatic hydroxyl groups is 2. The van der Waals surface area contributed by atoms with E-state index in [-0.39, 0.29) is 25.2 Å². The Bertz CT molecular complexity index is 896. The van der Waals surface area contributed by atoms with Crippen LogP contribution in [0, 0.1) is 5.92 Å². The van der Waals surface area contributed by atoms with E-state index < -0.39 is 91.1 Å². The fraction of sp³-hybridized carbons (Fsp3) is 0.727. The first-order chi connectivity index (χ1) is 18.2. The van der Waals surface area contributed by atoms with Crippen molar-refractivity contribution in [3.05, 3.63) is 0 Å². The molecule has 0 unspecified atom stereocenters. The van der Waals surface area contributed by atoms with Gasteiger partial charge < -0.3 is 48.7 Å². The van der Waals surface area contributed by atoms with Gasteiger partial charge in [-0.2, -0.15) is 9.78 Å². The van der Waals surface area contributed by atoms with Crippen LogP contribution in [0.2, 0.25) is 0 Å². The van der Waals surface area contributed by atoms with E-state index in [1.54, 1.807) is 13.8 Å². The first-order valence-corrected chi connectivity index (χ1v) is 12.3. The topological polar surface area (TPSA) is 294 Å². The lowest BCUT2D eigenvalue weighted by atomic mass is 10.0. The van der Waals surface area contributed by atoms with Crippen molar-refractivity contribution in [2.45, 2.75) is 89.1 Å². The molecule has 1 fully saturated rings. The average Bonchev–Trinajstić information content (AvgIpc) is 3.66.